The minimum absolute atomic E-state index is 0.0690. The van der Waals surface area contributed by atoms with Gasteiger partial charge in [-0.3, -0.25) is 14.6 Å². The van der Waals surface area contributed by atoms with Crippen LogP contribution < -0.4 is 16.2 Å². The zero-order chi connectivity index (χ0) is 24.1. The number of oxime groups is 1. The van der Waals surface area contributed by atoms with E-state index in [9.17, 15) is 9.59 Å². The molecule has 0 saturated heterocycles. The number of amides is 1. The van der Waals surface area contributed by atoms with Gasteiger partial charge in [0.2, 0.25) is 5.96 Å². The van der Waals surface area contributed by atoms with E-state index < -0.39 is 0 Å². The van der Waals surface area contributed by atoms with Crippen LogP contribution in [0.15, 0.2) is 47.9 Å². The molecule has 0 spiro atoms. The monoisotopic (exact) mass is 477 g/mol. The molecule has 1 aromatic carbocycles. The molecule has 1 aromatic heterocycles. The average molecular weight is 478 g/mol. The number of pyridine rings is 1. The number of carbonyl (C=O) groups excluding carboxylic acids is 2. The van der Waals surface area contributed by atoms with Crippen molar-refractivity contribution in [3.05, 3.63) is 58.9 Å². The van der Waals surface area contributed by atoms with Gasteiger partial charge in [-0.15, -0.1) is 0 Å². The molecule has 10 nitrogen and oxygen atoms in total. The zero-order valence-electron chi connectivity index (χ0n) is 18.4. The second kappa shape index (κ2) is 13.8. The lowest BCUT2D eigenvalue weighted by molar-refractivity contribution is -0.143. The fraction of sp³-hybridized carbons (Fsp3) is 0.364. The zero-order valence-corrected chi connectivity index (χ0v) is 19.2. The van der Waals surface area contributed by atoms with Crippen LogP contribution in [0.1, 0.15) is 35.7 Å². The molecule has 0 aliphatic heterocycles. The van der Waals surface area contributed by atoms with Gasteiger partial charge in [0.05, 0.1) is 19.6 Å². The van der Waals surface area contributed by atoms with Gasteiger partial charge in [0.25, 0.3) is 5.91 Å². The molecule has 0 saturated carbocycles. The summed E-state index contributed by atoms with van der Waals surface area (Å²) in [7, 11) is 0. The summed E-state index contributed by atoms with van der Waals surface area (Å²) in [6.45, 7) is 3.03. The van der Waals surface area contributed by atoms with Gasteiger partial charge in [0, 0.05) is 42.5 Å². The molecular formula is C22H28ClN5O5. The fourth-order valence-electron chi connectivity index (χ4n) is 2.81. The number of carbonyl (C=O) groups is 2. The van der Waals surface area contributed by atoms with Crippen molar-refractivity contribution in [2.75, 3.05) is 26.4 Å². The van der Waals surface area contributed by atoms with Crippen molar-refractivity contribution < 1.29 is 23.9 Å². The van der Waals surface area contributed by atoms with E-state index in [0.717, 1.165) is 5.56 Å². The topological polar surface area (TPSA) is 142 Å². The van der Waals surface area contributed by atoms with Gasteiger partial charge in [0.15, 0.2) is 0 Å². The molecule has 0 aliphatic carbocycles. The maximum absolute atomic E-state index is 13.3. The van der Waals surface area contributed by atoms with Crippen molar-refractivity contribution in [2.45, 2.75) is 26.3 Å². The highest BCUT2D eigenvalue weighted by molar-refractivity contribution is 6.31. The van der Waals surface area contributed by atoms with Gasteiger partial charge in [-0.05, 0) is 41.9 Å². The third-order valence-electron chi connectivity index (χ3n) is 4.21. The standard InChI is InChI=1S/C22H28ClN5O5/c1-2-31-20(29)6-8-28(15-16-5-3-7-26-14-16)21(30)17-11-18(23)13-19(12-17)32-9-4-10-33-27-22(24)25/h3,5,7,11-14H,2,4,6,8-10,15H2,1H3,(H4,24,25,27). The Hall–Kier alpha value is -3.53. The Morgan fingerprint density at radius 2 is 2.03 bits per heavy atom. The van der Waals surface area contributed by atoms with Crippen LogP contribution in [0.4, 0.5) is 0 Å². The van der Waals surface area contributed by atoms with Gasteiger partial charge >= 0.3 is 5.97 Å². The van der Waals surface area contributed by atoms with E-state index in [4.69, 9.17) is 37.4 Å². The predicted octanol–water partition coefficient (Wildman–Crippen LogP) is 2.30. The van der Waals surface area contributed by atoms with Crippen molar-refractivity contribution in [3.63, 3.8) is 0 Å². The molecule has 0 atom stereocenters. The lowest BCUT2D eigenvalue weighted by Crippen LogP contribution is -2.33. The lowest BCUT2D eigenvalue weighted by atomic mass is 10.1. The molecule has 4 N–H and O–H groups in total. The fourth-order valence-corrected chi connectivity index (χ4v) is 3.03. The highest BCUT2D eigenvalue weighted by Gasteiger charge is 2.19. The molecule has 1 heterocycles. The highest BCUT2D eigenvalue weighted by atomic mass is 35.5. The Kier molecular flexibility index (Phi) is 10.8. The minimum Gasteiger partial charge on any atom is -0.493 e. The maximum Gasteiger partial charge on any atom is 0.307 e. The Morgan fingerprint density at radius 1 is 1.21 bits per heavy atom. The molecule has 0 aliphatic rings. The number of aromatic nitrogens is 1. The van der Waals surface area contributed by atoms with E-state index in [2.05, 4.69) is 10.1 Å². The Morgan fingerprint density at radius 3 is 2.73 bits per heavy atom. The summed E-state index contributed by atoms with van der Waals surface area (Å²) in [5.74, 6) is -0.404. The SMILES string of the molecule is CCOC(=O)CCN(Cc1cccnc1)C(=O)c1cc(Cl)cc(OCCCON=C(N)N)c1. The van der Waals surface area contributed by atoms with E-state index in [1.54, 1.807) is 48.5 Å². The maximum atomic E-state index is 13.3. The Balaban J connectivity index is 2.08. The first-order valence-electron chi connectivity index (χ1n) is 10.4. The van der Waals surface area contributed by atoms with Gasteiger partial charge < -0.3 is 30.7 Å². The van der Waals surface area contributed by atoms with Crippen LogP contribution in [0.2, 0.25) is 5.02 Å². The summed E-state index contributed by atoms with van der Waals surface area (Å²) >= 11 is 6.22. The molecule has 1 amide bonds. The van der Waals surface area contributed by atoms with Crippen LogP contribution in [-0.4, -0.2) is 54.1 Å². The molecule has 0 bridgehead atoms. The number of benzene rings is 1. The summed E-state index contributed by atoms with van der Waals surface area (Å²) in [6.07, 6.45) is 3.90. The van der Waals surface area contributed by atoms with Crippen LogP contribution in [0.3, 0.4) is 0 Å². The van der Waals surface area contributed by atoms with Crippen molar-refractivity contribution in [1.29, 1.82) is 0 Å². The van der Waals surface area contributed by atoms with E-state index >= 15 is 0 Å². The van der Waals surface area contributed by atoms with Crippen molar-refractivity contribution >= 4 is 29.4 Å². The second-order valence-corrected chi connectivity index (χ2v) is 7.31. The van der Waals surface area contributed by atoms with E-state index in [1.807, 2.05) is 6.07 Å². The first-order valence-corrected chi connectivity index (χ1v) is 10.7. The molecule has 178 valence electrons. The summed E-state index contributed by atoms with van der Waals surface area (Å²) in [6, 6.07) is 8.41. The number of halogens is 1. The smallest absolute Gasteiger partial charge is 0.307 e. The molecular weight excluding hydrogens is 450 g/mol. The lowest BCUT2D eigenvalue weighted by Gasteiger charge is -2.23. The predicted molar refractivity (Wildman–Crippen MR) is 124 cm³/mol. The number of nitrogens with zero attached hydrogens (tertiary/aromatic N) is 3. The van der Waals surface area contributed by atoms with Crippen molar-refractivity contribution in [3.8, 4) is 5.75 Å². The van der Waals surface area contributed by atoms with Gasteiger partial charge in [-0.2, -0.15) is 0 Å². The summed E-state index contributed by atoms with van der Waals surface area (Å²) < 4.78 is 10.7. The second-order valence-electron chi connectivity index (χ2n) is 6.87. The molecule has 0 radical (unpaired) electrons. The highest BCUT2D eigenvalue weighted by Crippen LogP contribution is 2.23. The molecule has 11 heteroatoms. The molecule has 0 fully saturated rings. The van der Waals surface area contributed by atoms with Gasteiger partial charge in [0.1, 0.15) is 12.4 Å². The van der Waals surface area contributed by atoms with Crippen molar-refractivity contribution in [2.24, 2.45) is 16.6 Å². The summed E-state index contributed by atoms with van der Waals surface area (Å²) in [5, 5.41) is 3.77. The minimum atomic E-state index is -0.375. The number of nitrogens with two attached hydrogens (primary N) is 2. The molecule has 33 heavy (non-hydrogen) atoms. The average Bonchev–Trinajstić information content (AvgIpc) is 2.78. The van der Waals surface area contributed by atoms with E-state index in [-0.39, 0.29) is 50.6 Å². The largest absolute Gasteiger partial charge is 0.493 e. The summed E-state index contributed by atoms with van der Waals surface area (Å²) in [4.78, 5) is 35.7. The van der Waals surface area contributed by atoms with Crippen LogP contribution in [-0.2, 0) is 20.9 Å². The van der Waals surface area contributed by atoms with Gasteiger partial charge in [-0.1, -0.05) is 17.7 Å². The first kappa shape index (κ1) is 25.7. The number of hydrogen-bond acceptors (Lipinski definition) is 7. The third-order valence-corrected chi connectivity index (χ3v) is 4.43. The normalized spacial score (nSPS) is 10.2. The van der Waals surface area contributed by atoms with Crippen molar-refractivity contribution in [1.82, 2.24) is 9.88 Å². The van der Waals surface area contributed by atoms with Crippen LogP contribution in [0.25, 0.3) is 0 Å². The third kappa shape index (κ3) is 9.65. The van der Waals surface area contributed by atoms with E-state index in [0.29, 0.717) is 29.4 Å². The molecule has 2 rings (SSSR count). The summed E-state index contributed by atoms with van der Waals surface area (Å²) in [5.41, 5.74) is 11.5. The Labute approximate surface area is 197 Å². The number of ether oxygens (including phenoxy) is 2. The number of hydrogen-bond donors (Lipinski definition) is 2. The number of guanidine groups is 1. The first-order chi connectivity index (χ1) is 15.9. The van der Waals surface area contributed by atoms with Crippen LogP contribution in [0.5, 0.6) is 5.75 Å². The molecule has 0 unspecified atom stereocenters. The quantitative estimate of drug-likeness (QED) is 0.147. The van der Waals surface area contributed by atoms with E-state index in [1.165, 1.54) is 0 Å². The van der Waals surface area contributed by atoms with Gasteiger partial charge in [-0.25, -0.2) is 0 Å². The Bertz CT molecular complexity index is 938. The van der Waals surface area contributed by atoms with Crippen LogP contribution in [0, 0.1) is 0 Å². The number of esters is 1. The molecule has 2 aromatic rings. The van der Waals surface area contributed by atoms with Crippen LogP contribution >= 0.6 is 11.6 Å². The number of rotatable bonds is 13.